The summed E-state index contributed by atoms with van der Waals surface area (Å²) in [5.74, 6) is -1.34. The van der Waals surface area contributed by atoms with E-state index in [1.54, 1.807) is 0 Å². The molecule has 1 N–H and O–H groups in total. The van der Waals surface area contributed by atoms with E-state index in [9.17, 15) is 26.4 Å². The predicted molar refractivity (Wildman–Crippen MR) is 55.9 cm³/mol. The molecule has 0 atom stereocenters. The van der Waals surface area contributed by atoms with Crippen molar-refractivity contribution >= 4 is 15.8 Å². The molecule has 0 unspecified atom stereocenters. The summed E-state index contributed by atoms with van der Waals surface area (Å²) in [6.07, 6.45) is -4.65. The standard InChI is InChI=1S/C10H9F3O4S/c1-18(16,17)8-3-6(4-9(14)15)2-7(5-8)10(11,12)13/h2-3,5H,4H2,1H3,(H,14,15). The molecule has 1 aromatic carbocycles. The Morgan fingerprint density at radius 1 is 1.28 bits per heavy atom. The molecular weight excluding hydrogens is 273 g/mol. The number of alkyl halides is 3. The highest BCUT2D eigenvalue weighted by molar-refractivity contribution is 7.90. The third-order valence-corrected chi connectivity index (χ3v) is 3.17. The molecule has 0 aromatic heterocycles. The van der Waals surface area contributed by atoms with Crippen molar-refractivity contribution in [2.75, 3.05) is 6.26 Å². The number of aliphatic carboxylic acids is 1. The molecule has 0 amide bonds. The smallest absolute Gasteiger partial charge is 0.416 e. The molecule has 0 bridgehead atoms. The maximum absolute atomic E-state index is 12.5. The largest absolute Gasteiger partial charge is 0.481 e. The van der Waals surface area contributed by atoms with Crippen molar-refractivity contribution in [1.29, 1.82) is 0 Å². The van der Waals surface area contributed by atoms with E-state index in [2.05, 4.69) is 0 Å². The molecule has 0 aliphatic heterocycles. The summed E-state index contributed by atoms with van der Waals surface area (Å²) in [6.45, 7) is 0. The van der Waals surface area contributed by atoms with Gasteiger partial charge in [-0.15, -0.1) is 0 Å². The lowest BCUT2D eigenvalue weighted by molar-refractivity contribution is -0.139. The number of carboxylic acids is 1. The highest BCUT2D eigenvalue weighted by Crippen LogP contribution is 2.31. The molecule has 1 rings (SSSR count). The van der Waals surface area contributed by atoms with Crippen LogP contribution in [0.15, 0.2) is 23.1 Å². The van der Waals surface area contributed by atoms with Crippen molar-refractivity contribution in [3.05, 3.63) is 29.3 Å². The van der Waals surface area contributed by atoms with E-state index in [0.29, 0.717) is 12.1 Å². The zero-order valence-electron chi connectivity index (χ0n) is 9.15. The van der Waals surface area contributed by atoms with Crippen LogP contribution in [0.1, 0.15) is 11.1 Å². The Labute approximate surface area is 101 Å². The Morgan fingerprint density at radius 3 is 2.22 bits per heavy atom. The van der Waals surface area contributed by atoms with Gasteiger partial charge in [0.2, 0.25) is 0 Å². The van der Waals surface area contributed by atoms with Gasteiger partial charge >= 0.3 is 12.1 Å². The van der Waals surface area contributed by atoms with Crippen LogP contribution in [0.4, 0.5) is 13.2 Å². The van der Waals surface area contributed by atoms with Crippen molar-refractivity contribution in [3.8, 4) is 0 Å². The topological polar surface area (TPSA) is 71.4 Å². The maximum atomic E-state index is 12.5. The molecule has 0 radical (unpaired) electrons. The van der Waals surface area contributed by atoms with Crippen LogP contribution in [0.5, 0.6) is 0 Å². The van der Waals surface area contributed by atoms with E-state index in [1.807, 2.05) is 0 Å². The van der Waals surface area contributed by atoms with E-state index >= 15 is 0 Å². The third kappa shape index (κ3) is 3.73. The molecule has 100 valence electrons. The molecule has 0 heterocycles. The van der Waals surface area contributed by atoms with Crippen LogP contribution in [-0.2, 0) is 27.2 Å². The van der Waals surface area contributed by atoms with Crippen LogP contribution in [0.3, 0.4) is 0 Å². The average Bonchev–Trinajstić information content (AvgIpc) is 2.13. The average molecular weight is 282 g/mol. The summed E-state index contributed by atoms with van der Waals surface area (Å²) in [5, 5.41) is 8.52. The van der Waals surface area contributed by atoms with Gasteiger partial charge in [-0.25, -0.2) is 8.42 Å². The van der Waals surface area contributed by atoms with Gasteiger partial charge in [0.1, 0.15) is 0 Å². The molecule has 0 fully saturated rings. The van der Waals surface area contributed by atoms with Gasteiger partial charge in [0, 0.05) is 6.26 Å². The lowest BCUT2D eigenvalue weighted by atomic mass is 10.1. The van der Waals surface area contributed by atoms with Crippen LogP contribution in [-0.4, -0.2) is 25.7 Å². The zero-order valence-corrected chi connectivity index (χ0v) is 9.97. The van der Waals surface area contributed by atoms with Crippen molar-refractivity contribution in [1.82, 2.24) is 0 Å². The molecule has 18 heavy (non-hydrogen) atoms. The summed E-state index contributed by atoms with van der Waals surface area (Å²) >= 11 is 0. The fourth-order valence-corrected chi connectivity index (χ4v) is 2.02. The number of carboxylic acid groups (broad SMARTS) is 1. The first-order chi connectivity index (χ1) is 8.00. The fourth-order valence-electron chi connectivity index (χ4n) is 1.32. The zero-order chi connectivity index (χ0) is 14.1. The maximum Gasteiger partial charge on any atom is 0.416 e. The molecule has 8 heteroatoms. The summed E-state index contributed by atoms with van der Waals surface area (Å²) < 4.78 is 60.1. The van der Waals surface area contributed by atoms with Gasteiger partial charge in [-0.2, -0.15) is 13.2 Å². The lowest BCUT2D eigenvalue weighted by Gasteiger charge is -2.10. The molecule has 0 saturated heterocycles. The lowest BCUT2D eigenvalue weighted by Crippen LogP contribution is -2.10. The van der Waals surface area contributed by atoms with Crippen LogP contribution >= 0.6 is 0 Å². The Balaban J connectivity index is 3.43. The number of sulfone groups is 1. The fraction of sp³-hybridized carbons (Fsp3) is 0.300. The monoisotopic (exact) mass is 282 g/mol. The van der Waals surface area contributed by atoms with Gasteiger partial charge in [0.15, 0.2) is 9.84 Å². The molecule has 1 aromatic rings. The molecule has 4 nitrogen and oxygen atoms in total. The number of hydrogen-bond donors (Lipinski definition) is 1. The molecule has 0 aliphatic carbocycles. The first-order valence-electron chi connectivity index (χ1n) is 4.63. The van der Waals surface area contributed by atoms with Gasteiger partial charge in [0.05, 0.1) is 16.9 Å². The van der Waals surface area contributed by atoms with Crippen LogP contribution in [0.2, 0.25) is 0 Å². The third-order valence-electron chi connectivity index (χ3n) is 2.08. The van der Waals surface area contributed by atoms with Gasteiger partial charge in [0.25, 0.3) is 0 Å². The van der Waals surface area contributed by atoms with E-state index in [1.165, 1.54) is 0 Å². The molecule has 0 saturated carbocycles. The van der Waals surface area contributed by atoms with Crippen molar-refractivity contribution in [3.63, 3.8) is 0 Å². The number of benzene rings is 1. The first-order valence-corrected chi connectivity index (χ1v) is 6.52. The quantitative estimate of drug-likeness (QED) is 0.916. The highest BCUT2D eigenvalue weighted by atomic mass is 32.2. The van der Waals surface area contributed by atoms with Crippen LogP contribution in [0.25, 0.3) is 0 Å². The Hall–Kier alpha value is -1.57. The number of hydrogen-bond acceptors (Lipinski definition) is 3. The molecule has 0 aliphatic rings. The number of rotatable bonds is 3. The Morgan fingerprint density at radius 2 is 1.83 bits per heavy atom. The van der Waals surface area contributed by atoms with Gasteiger partial charge in [-0.05, 0) is 23.8 Å². The van der Waals surface area contributed by atoms with E-state index in [0.717, 1.165) is 12.3 Å². The Kier molecular flexibility index (Phi) is 3.70. The van der Waals surface area contributed by atoms with E-state index in [4.69, 9.17) is 5.11 Å². The SMILES string of the molecule is CS(=O)(=O)c1cc(CC(=O)O)cc(C(F)(F)F)c1. The second-order valence-corrected chi connectivity index (χ2v) is 5.72. The second kappa shape index (κ2) is 4.60. The van der Waals surface area contributed by atoms with Gasteiger partial charge in [-0.1, -0.05) is 0 Å². The first kappa shape index (κ1) is 14.5. The van der Waals surface area contributed by atoms with E-state index < -0.39 is 38.9 Å². The summed E-state index contributed by atoms with van der Waals surface area (Å²) in [4.78, 5) is 9.91. The molecular formula is C10H9F3O4S. The normalized spacial score (nSPS) is 12.4. The van der Waals surface area contributed by atoms with Crippen molar-refractivity contribution < 1.29 is 31.5 Å². The van der Waals surface area contributed by atoms with Gasteiger partial charge < -0.3 is 5.11 Å². The minimum absolute atomic E-state index is 0.210. The summed E-state index contributed by atoms with van der Waals surface area (Å²) in [6, 6.07) is 2.04. The predicted octanol–water partition coefficient (Wildman–Crippen LogP) is 1.74. The van der Waals surface area contributed by atoms with Gasteiger partial charge in [-0.3, -0.25) is 4.79 Å². The molecule has 0 spiro atoms. The van der Waals surface area contributed by atoms with Crippen LogP contribution in [0, 0.1) is 0 Å². The number of halogens is 3. The van der Waals surface area contributed by atoms with Crippen LogP contribution < -0.4 is 0 Å². The second-order valence-electron chi connectivity index (χ2n) is 3.71. The number of carbonyl (C=O) groups is 1. The van der Waals surface area contributed by atoms with Crippen molar-refractivity contribution in [2.45, 2.75) is 17.5 Å². The van der Waals surface area contributed by atoms with Crippen molar-refractivity contribution in [2.24, 2.45) is 0 Å². The minimum Gasteiger partial charge on any atom is -0.481 e. The minimum atomic E-state index is -4.73. The Bertz CT molecular complexity index is 575. The van der Waals surface area contributed by atoms with E-state index in [-0.39, 0.29) is 5.56 Å². The highest BCUT2D eigenvalue weighted by Gasteiger charge is 2.32. The summed E-state index contributed by atoms with van der Waals surface area (Å²) in [7, 11) is -3.84. The summed E-state index contributed by atoms with van der Waals surface area (Å²) in [5.41, 5.74) is -1.39.